The Morgan fingerprint density at radius 3 is 2.37 bits per heavy atom. The first kappa shape index (κ1) is 23.7. The molecule has 1 aliphatic rings. The monoisotopic (exact) mass is 446 g/mol. The van der Waals surface area contributed by atoms with Gasteiger partial charge in [0.15, 0.2) is 11.6 Å². The van der Waals surface area contributed by atoms with Gasteiger partial charge in [-0.3, -0.25) is 4.79 Å². The van der Waals surface area contributed by atoms with Crippen LogP contribution in [-0.2, 0) is 15.2 Å². The lowest BCUT2D eigenvalue weighted by atomic mass is 9.94. The zero-order valence-electron chi connectivity index (χ0n) is 17.0. The summed E-state index contributed by atoms with van der Waals surface area (Å²) in [5, 5.41) is 0. The number of carbonyl (C=O) groups excluding carboxylic acids is 2. The van der Waals surface area contributed by atoms with Crippen molar-refractivity contribution in [2.45, 2.75) is 45.6 Å². The molecule has 1 aliphatic heterocycles. The number of amides is 2. The van der Waals surface area contributed by atoms with Crippen LogP contribution in [-0.4, -0.2) is 50.6 Å². The van der Waals surface area contributed by atoms with E-state index in [1.807, 2.05) is 0 Å². The summed E-state index contributed by atoms with van der Waals surface area (Å²) in [5.74, 6) is -3.65. The maximum Gasteiger partial charge on any atom is 0.410 e. The lowest BCUT2D eigenvalue weighted by Crippen LogP contribution is -2.41. The first-order valence-electron chi connectivity index (χ1n) is 9.41. The van der Waals surface area contributed by atoms with E-state index >= 15 is 0 Å². The standard InChI is InChI=1S/C19H24F2N2O6S/c1-19(2,3)29-18(25)23-7-4-12(5-8-23)6-9-28-16-11-14(20)13(10-15(16)21)17(24)22-30(26)27/h10-12H,4-9H2,1-3H3. The van der Waals surface area contributed by atoms with Crippen molar-refractivity contribution in [1.29, 1.82) is 0 Å². The van der Waals surface area contributed by atoms with Gasteiger partial charge in [0.05, 0.1) is 12.2 Å². The summed E-state index contributed by atoms with van der Waals surface area (Å²) in [4.78, 5) is 25.2. The summed E-state index contributed by atoms with van der Waals surface area (Å²) >= 11 is 0. The Labute approximate surface area is 174 Å². The number of ether oxygens (including phenoxy) is 2. The highest BCUT2D eigenvalue weighted by atomic mass is 32.2. The minimum atomic E-state index is -3.06. The number of hydrogen-bond donors (Lipinski definition) is 0. The van der Waals surface area contributed by atoms with Crippen molar-refractivity contribution in [2.75, 3.05) is 19.7 Å². The fourth-order valence-corrected chi connectivity index (χ4v) is 3.22. The third-order valence-electron chi connectivity index (χ3n) is 4.46. The maximum atomic E-state index is 14.1. The summed E-state index contributed by atoms with van der Waals surface area (Å²) in [5.41, 5.74) is -1.35. The molecule has 0 radical (unpaired) electrons. The quantitative estimate of drug-likeness (QED) is 0.685. The Balaban J connectivity index is 1.85. The summed E-state index contributed by atoms with van der Waals surface area (Å²) in [6.07, 6.45) is 1.70. The highest BCUT2D eigenvalue weighted by molar-refractivity contribution is 7.62. The van der Waals surface area contributed by atoms with E-state index in [9.17, 15) is 26.8 Å². The second kappa shape index (κ2) is 9.96. The van der Waals surface area contributed by atoms with Crippen molar-refractivity contribution in [3.05, 3.63) is 29.3 Å². The van der Waals surface area contributed by atoms with Gasteiger partial charge < -0.3 is 14.4 Å². The molecule has 0 saturated carbocycles. The number of carbonyl (C=O) groups is 2. The van der Waals surface area contributed by atoms with Crippen LogP contribution in [0.15, 0.2) is 16.5 Å². The molecular formula is C19H24F2N2O6S. The van der Waals surface area contributed by atoms with Crippen molar-refractivity contribution in [3.63, 3.8) is 0 Å². The molecule has 0 aromatic heterocycles. The van der Waals surface area contributed by atoms with E-state index < -0.39 is 39.2 Å². The predicted molar refractivity (Wildman–Crippen MR) is 103 cm³/mol. The van der Waals surface area contributed by atoms with E-state index in [2.05, 4.69) is 4.36 Å². The van der Waals surface area contributed by atoms with Gasteiger partial charge >= 0.3 is 16.6 Å². The third kappa shape index (κ3) is 7.05. The molecule has 1 heterocycles. The van der Waals surface area contributed by atoms with Gasteiger partial charge in [-0.05, 0) is 52.0 Å². The number of likely N-dealkylation sites (tertiary alicyclic amines) is 1. The van der Waals surface area contributed by atoms with Crippen LogP contribution in [0.3, 0.4) is 0 Å². The zero-order chi connectivity index (χ0) is 22.5. The minimum absolute atomic E-state index is 0.121. The van der Waals surface area contributed by atoms with Gasteiger partial charge in [-0.25, -0.2) is 13.6 Å². The first-order valence-corrected chi connectivity index (χ1v) is 10.4. The molecule has 0 unspecified atom stereocenters. The molecule has 0 spiro atoms. The smallest absolute Gasteiger partial charge is 0.410 e. The molecular weight excluding hydrogens is 422 g/mol. The van der Waals surface area contributed by atoms with Gasteiger partial charge in [0, 0.05) is 19.2 Å². The second-order valence-corrected chi connectivity index (χ2v) is 8.54. The Hall–Kier alpha value is -2.56. The number of hydrogen-bond acceptors (Lipinski definition) is 6. The van der Waals surface area contributed by atoms with E-state index in [1.54, 1.807) is 25.7 Å². The van der Waals surface area contributed by atoms with E-state index in [-0.39, 0.29) is 24.4 Å². The predicted octanol–water partition coefficient (Wildman–Crippen LogP) is 3.58. The molecule has 0 atom stereocenters. The zero-order valence-corrected chi connectivity index (χ0v) is 17.8. The van der Waals surface area contributed by atoms with Gasteiger partial charge in [-0.1, -0.05) is 4.36 Å². The van der Waals surface area contributed by atoms with Crippen molar-refractivity contribution >= 4 is 22.5 Å². The molecule has 0 bridgehead atoms. The van der Waals surface area contributed by atoms with Crippen LogP contribution in [0.1, 0.15) is 50.4 Å². The van der Waals surface area contributed by atoms with Gasteiger partial charge in [0.2, 0.25) is 0 Å². The second-order valence-electron chi connectivity index (χ2n) is 7.92. The molecule has 11 heteroatoms. The van der Waals surface area contributed by atoms with Crippen LogP contribution in [0.2, 0.25) is 0 Å². The molecule has 2 amide bonds. The Morgan fingerprint density at radius 1 is 1.17 bits per heavy atom. The number of rotatable bonds is 5. The average molecular weight is 446 g/mol. The molecule has 1 aromatic carbocycles. The van der Waals surface area contributed by atoms with Crippen LogP contribution in [0, 0.1) is 17.6 Å². The summed E-state index contributed by atoms with van der Waals surface area (Å²) < 4.78 is 62.1. The molecule has 166 valence electrons. The van der Waals surface area contributed by atoms with Crippen LogP contribution in [0.4, 0.5) is 13.6 Å². The lowest BCUT2D eigenvalue weighted by molar-refractivity contribution is 0.0177. The molecule has 30 heavy (non-hydrogen) atoms. The van der Waals surface area contributed by atoms with Crippen LogP contribution < -0.4 is 4.74 Å². The van der Waals surface area contributed by atoms with Gasteiger partial charge in [-0.15, -0.1) is 0 Å². The molecule has 2 rings (SSSR count). The normalized spacial score (nSPS) is 14.9. The van der Waals surface area contributed by atoms with Gasteiger partial charge in [-0.2, -0.15) is 8.42 Å². The largest absolute Gasteiger partial charge is 0.490 e. The molecule has 0 aliphatic carbocycles. The SMILES string of the molecule is CC(C)(C)OC(=O)N1CCC(CCOc2cc(F)c(C(=O)N=S(=O)=O)cc2F)CC1. The molecule has 0 N–H and O–H groups in total. The van der Waals surface area contributed by atoms with E-state index in [0.29, 0.717) is 31.6 Å². The van der Waals surface area contributed by atoms with Gasteiger partial charge in [0.1, 0.15) is 11.4 Å². The molecule has 1 saturated heterocycles. The lowest BCUT2D eigenvalue weighted by Gasteiger charge is -2.33. The van der Waals surface area contributed by atoms with Crippen LogP contribution in [0.25, 0.3) is 0 Å². The highest BCUT2D eigenvalue weighted by Crippen LogP contribution is 2.25. The van der Waals surface area contributed by atoms with Crippen molar-refractivity contribution in [3.8, 4) is 5.75 Å². The van der Waals surface area contributed by atoms with E-state index in [0.717, 1.165) is 12.8 Å². The van der Waals surface area contributed by atoms with Crippen molar-refractivity contribution < 1.29 is 36.3 Å². The average Bonchev–Trinajstić information content (AvgIpc) is 2.62. The number of nitrogens with zero attached hydrogens (tertiary/aromatic N) is 2. The van der Waals surface area contributed by atoms with Crippen molar-refractivity contribution in [2.24, 2.45) is 10.3 Å². The minimum Gasteiger partial charge on any atom is -0.490 e. The Kier molecular flexibility index (Phi) is 7.88. The molecule has 8 nitrogen and oxygen atoms in total. The third-order valence-corrected chi connectivity index (χ3v) is 4.77. The Bertz CT molecular complexity index is 927. The van der Waals surface area contributed by atoms with Crippen molar-refractivity contribution in [1.82, 2.24) is 4.90 Å². The maximum absolute atomic E-state index is 14.1. The first-order chi connectivity index (χ1) is 14.0. The summed E-state index contributed by atoms with van der Waals surface area (Å²) in [6.45, 7) is 6.63. The Morgan fingerprint density at radius 2 is 1.80 bits per heavy atom. The van der Waals surface area contributed by atoms with E-state index in [1.165, 1.54) is 0 Å². The topological polar surface area (TPSA) is 102 Å². The van der Waals surface area contributed by atoms with Gasteiger partial charge in [0.25, 0.3) is 5.91 Å². The number of piperidine rings is 1. The summed E-state index contributed by atoms with van der Waals surface area (Å²) in [6, 6.07) is 1.25. The fourth-order valence-electron chi connectivity index (χ4n) is 2.99. The van der Waals surface area contributed by atoms with Crippen LogP contribution >= 0.6 is 0 Å². The molecule has 1 aromatic rings. The fraction of sp³-hybridized carbons (Fsp3) is 0.579. The van der Waals surface area contributed by atoms with Crippen LogP contribution in [0.5, 0.6) is 5.75 Å². The summed E-state index contributed by atoms with van der Waals surface area (Å²) in [7, 11) is -3.06. The van der Waals surface area contributed by atoms with E-state index in [4.69, 9.17) is 9.47 Å². The number of halogens is 2. The molecule has 1 fully saturated rings. The highest BCUT2D eigenvalue weighted by Gasteiger charge is 2.27. The number of benzene rings is 1.